The van der Waals surface area contributed by atoms with Gasteiger partial charge in [0.05, 0.1) is 41.3 Å². The van der Waals surface area contributed by atoms with Crippen molar-refractivity contribution >= 4 is 32.5 Å². The molecule has 2 aromatic heterocycles. The van der Waals surface area contributed by atoms with Crippen LogP contribution in [0.3, 0.4) is 0 Å². The van der Waals surface area contributed by atoms with E-state index in [0.29, 0.717) is 46.1 Å². The van der Waals surface area contributed by atoms with Crippen LogP contribution in [-0.2, 0) is 9.84 Å². The fourth-order valence-corrected chi connectivity index (χ4v) is 5.91. The summed E-state index contributed by atoms with van der Waals surface area (Å²) in [6.07, 6.45) is 2.60. The van der Waals surface area contributed by atoms with Crippen LogP contribution in [0, 0.1) is 6.92 Å². The van der Waals surface area contributed by atoms with Crippen LogP contribution in [0.5, 0.6) is 5.75 Å². The number of carbonyl (C=O) groups is 1. The monoisotopic (exact) mass is 440 g/mol. The number of amides is 1. The highest BCUT2D eigenvalue weighted by Gasteiger charge is 2.34. The second-order valence-corrected chi connectivity index (χ2v) is 10.6. The van der Waals surface area contributed by atoms with Crippen molar-refractivity contribution in [3.8, 4) is 5.75 Å². The summed E-state index contributed by atoms with van der Waals surface area (Å²) in [6, 6.07) is 8.81. The minimum atomic E-state index is -3.07. The highest BCUT2D eigenvalue weighted by Crippen LogP contribution is 2.41. The lowest BCUT2D eigenvalue weighted by molar-refractivity contribution is 0.102. The van der Waals surface area contributed by atoms with Gasteiger partial charge >= 0.3 is 0 Å². The zero-order valence-corrected chi connectivity index (χ0v) is 18.3. The molecule has 2 aliphatic rings. The number of hydrogen-bond acceptors (Lipinski definition) is 6. The number of aromatic nitrogens is 3. The van der Waals surface area contributed by atoms with Crippen LogP contribution >= 0.6 is 0 Å². The Balaban J connectivity index is 1.59. The number of nitrogens with zero attached hydrogens (tertiary/aromatic N) is 3. The maximum Gasteiger partial charge on any atom is 0.256 e. The number of pyridine rings is 1. The second kappa shape index (κ2) is 7.33. The molecule has 9 heteroatoms. The van der Waals surface area contributed by atoms with Crippen LogP contribution in [0.25, 0.3) is 11.0 Å². The number of fused-ring (bicyclic) bond motifs is 1. The van der Waals surface area contributed by atoms with Crippen molar-refractivity contribution in [2.45, 2.75) is 38.1 Å². The normalized spacial score (nSPS) is 20.1. The topological polar surface area (TPSA) is 103 Å². The predicted octanol–water partition coefficient (Wildman–Crippen LogP) is 3.24. The number of benzene rings is 1. The number of nitrogens with one attached hydrogen (secondary N) is 1. The molecule has 1 saturated carbocycles. The summed E-state index contributed by atoms with van der Waals surface area (Å²) in [7, 11) is -1.49. The van der Waals surface area contributed by atoms with Gasteiger partial charge in [0.1, 0.15) is 5.75 Å². The van der Waals surface area contributed by atoms with E-state index in [0.717, 1.165) is 18.5 Å². The third-order valence-corrected chi connectivity index (χ3v) is 7.73. The average Bonchev–Trinajstić information content (AvgIpc) is 3.46. The molecule has 8 nitrogen and oxygen atoms in total. The summed E-state index contributed by atoms with van der Waals surface area (Å²) in [5.41, 5.74) is 3.28. The van der Waals surface area contributed by atoms with E-state index in [2.05, 4.69) is 10.4 Å². The Morgan fingerprint density at radius 2 is 2.03 bits per heavy atom. The molecule has 0 radical (unpaired) electrons. The van der Waals surface area contributed by atoms with Gasteiger partial charge in [-0.3, -0.25) is 4.79 Å². The molecule has 1 N–H and O–H groups in total. The highest BCUT2D eigenvalue weighted by atomic mass is 32.2. The van der Waals surface area contributed by atoms with Crippen LogP contribution < -0.4 is 10.1 Å². The first-order valence-electron chi connectivity index (χ1n) is 10.4. The highest BCUT2D eigenvalue weighted by molar-refractivity contribution is 7.91. The second-order valence-electron chi connectivity index (χ2n) is 8.34. The quantitative estimate of drug-likeness (QED) is 0.653. The van der Waals surface area contributed by atoms with Gasteiger partial charge in [-0.2, -0.15) is 5.10 Å². The number of hydrogen-bond donors (Lipinski definition) is 1. The number of sulfone groups is 1. The van der Waals surface area contributed by atoms with Gasteiger partial charge in [0.15, 0.2) is 15.5 Å². The molecule has 1 aliphatic heterocycles. The summed E-state index contributed by atoms with van der Waals surface area (Å²) in [5, 5.41) is 8.25. The van der Waals surface area contributed by atoms with Gasteiger partial charge in [-0.1, -0.05) is 6.07 Å². The smallest absolute Gasteiger partial charge is 0.256 e. The molecule has 31 heavy (non-hydrogen) atoms. The Morgan fingerprint density at radius 3 is 2.71 bits per heavy atom. The van der Waals surface area contributed by atoms with Crippen LogP contribution in [0.1, 0.15) is 53.0 Å². The third-order valence-electron chi connectivity index (χ3n) is 5.98. The summed E-state index contributed by atoms with van der Waals surface area (Å²) in [6.45, 7) is 1.84. The van der Waals surface area contributed by atoms with E-state index >= 15 is 0 Å². The molecule has 5 rings (SSSR count). The SMILES string of the molecule is COc1cccc(NC(=O)c2cc(C3CC3)nc3c2c(C)nn3[C@@H]2CCS(=O)(=O)C2)c1. The number of carbonyl (C=O) groups excluding carboxylic acids is 1. The number of rotatable bonds is 5. The summed E-state index contributed by atoms with van der Waals surface area (Å²) in [4.78, 5) is 18.1. The maximum atomic E-state index is 13.3. The molecule has 0 spiro atoms. The minimum Gasteiger partial charge on any atom is -0.497 e. The molecule has 162 valence electrons. The molecule has 1 saturated heterocycles. The van der Waals surface area contributed by atoms with Crippen molar-refractivity contribution in [1.29, 1.82) is 0 Å². The standard InChI is InChI=1S/C22H24N4O4S/c1-13-20-18(22(27)23-15-4-3-5-17(10-15)30-2)11-19(14-6-7-14)24-21(20)26(25-13)16-8-9-31(28,29)12-16/h3-5,10-11,14,16H,6-9,12H2,1-2H3,(H,23,27)/t16-/m1/s1. The molecule has 1 aromatic carbocycles. The van der Waals surface area contributed by atoms with E-state index in [1.807, 2.05) is 25.1 Å². The lowest BCUT2D eigenvalue weighted by Gasteiger charge is -2.12. The Labute approximate surface area is 180 Å². The molecule has 1 atom stereocenters. The fourth-order valence-electron chi connectivity index (χ4n) is 4.22. The van der Waals surface area contributed by atoms with Crippen molar-refractivity contribution in [3.63, 3.8) is 0 Å². The van der Waals surface area contributed by atoms with Gasteiger partial charge in [-0.05, 0) is 44.4 Å². The third kappa shape index (κ3) is 3.78. The zero-order valence-electron chi connectivity index (χ0n) is 17.5. The van der Waals surface area contributed by atoms with Gasteiger partial charge in [0, 0.05) is 23.4 Å². The molecule has 0 unspecified atom stereocenters. The van der Waals surface area contributed by atoms with Crippen molar-refractivity contribution in [2.24, 2.45) is 0 Å². The van der Waals surface area contributed by atoms with E-state index in [1.54, 1.807) is 23.9 Å². The Morgan fingerprint density at radius 1 is 1.23 bits per heavy atom. The van der Waals surface area contributed by atoms with Crippen molar-refractivity contribution in [2.75, 3.05) is 23.9 Å². The summed E-state index contributed by atoms with van der Waals surface area (Å²) >= 11 is 0. The predicted molar refractivity (Wildman–Crippen MR) is 117 cm³/mol. The van der Waals surface area contributed by atoms with Gasteiger partial charge in [0.25, 0.3) is 5.91 Å². The first kappa shape index (κ1) is 20.0. The van der Waals surface area contributed by atoms with Gasteiger partial charge in [-0.15, -0.1) is 0 Å². The molecule has 1 amide bonds. The van der Waals surface area contributed by atoms with Crippen LogP contribution in [0.4, 0.5) is 5.69 Å². The summed E-state index contributed by atoms with van der Waals surface area (Å²) in [5.74, 6) is 0.962. The Hall–Kier alpha value is -2.94. The average molecular weight is 441 g/mol. The molecule has 2 fully saturated rings. The van der Waals surface area contributed by atoms with Crippen molar-refractivity contribution in [1.82, 2.24) is 14.8 Å². The van der Waals surface area contributed by atoms with Crippen LogP contribution in [0.15, 0.2) is 30.3 Å². The molecule has 1 aliphatic carbocycles. The number of ether oxygens (including phenoxy) is 1. The summed E-state index contributed by atoms with van der Waals surface area (Å²) < 4.78 is 31.0. The van der Waals surface area contributed by atoms with E-state index in [1.165, 1.54) is 0 Å². The first-order valence-corrected chi connectivity index (χ1v) is 12.2. The molecular formula is C22H24N4O4S. The van der Waals surface area contributed by atoms with Crippen LogP contribution in [-0.4, -0.2) is 47.7 Å². The molecule has 0 bridgehead atoms. The minimum absolute atomic E-state index is 0.0594. The number of anilines is 1. The Kier molecular flexibility index (Phi) is 4.73. The number of methoxy groups -OCH3 is 1. The van der Waals surface area contributed by atoms with E-state index in [9.17, 15) is 13.2 Å². The van der Waals surface area contributed by atoms with E-state index < -0.39 is 9.84 Å². The zero-order chi connectivity index (χ0) is 21.8. The van der Waals surface area contributed by atoms with E-state index in [-0.39, 0.29) is 23.5 Å². The fraction of sp³-hybridized carbons (Fsp3) is 0.409. The van der Waals surface area contributed by atoms with Crippen molar-refractivity contribution in [3.05, 3.63) is 47.3 Å². The molecule has 3 heterocycles. The number of aryl methyl sites for hydroxylation is 1. The lowest BCUT2D eigenvalue weighted by Crippen LogP contribution is -2.15. The first-order chi connectivity index (χ1) is 14.8. The van der Waals surface area contributed by atoms with Crippen molar-refractivity contribution < 1.29 is 17.9 Å². The van der Waals surface area contributed by atoms with Gasteiger partial charge in [-0.25, -0.2) is 18.1 Å². The van der Waals surface area contributed by atoms with Gasteiger partial charge in [0.2, 0.25) is 0 Å². The lowest BCUT2D eigenvalue weighted by atomic mass is 10.1. The maximum absolute atomic E-state index is 13.3. The largest absolute Gasteiger partial charge is 0.497 e. The van der Waals surface area contributed by atoms with Gasteiger partial charge < -0.3 is 10.1 Å². The van der Waals surface area contributed by atoms with E-state index in [4.69, 9.17) is 9.72 Å². The Bertz CT molecular complexity index is 1290. The molecule has 3 aromatic rings. The molecular weight excluding hydrogens is 416 g/mol. The van der Waals surface area contributed by atoms with Crippen LogP contribution in [0.2, 0.25) is 0 Å².